The van der Waals surface area contributed by atoms with Crippen molar-refractivity contribution in [2.45, 2.75) is 6.18 Å². The Labute approximate surface area is 108 Å². The first-order valence-electron chi connectivity index (χ1n) is 4.85. The zero-order chi connectivity index (χ0) is 14.2. The van der Waals surface area contributed by atoms with Crippen LogP contribution in [-0.2, 0) is 4.79 Å². The lowest BCUT2D eigenvalue weighted by Crippen LogP contribution is -2.29. The van der Waals surface area contributed by atoms with Crippen molar-refractivity contribution >= 4 is 38.2 Å². The number of hydrogen-bond acceptors (Lipinski definition) is 4. The van der Waals surface area contributed by atoms with E-state index in [1.54, 1.807) is 5.32 Å². The van der Waals surface area contributed by atoms with Crippen LogP contribution in [0.15, 0.2) is 18.3 Å². The Hall–Kier alpha value is -2.16. The summed E-state index contributed by atoms with van der Waals surface area (Å²) in [4.78, 5) is 25.4. The Kier molecular flexibility index (Phi) is 3.14. The van der Waals surface area contributed by atoms with E-state index in [-0.39, 0.29) is 10.7 Å². The molecule has 2 heterocycles. The number of halogens is 3. The average molecular weight is 289 g/mol. The molecule has 0 fully saturated rings. The van der Waals surface area contributed by atoms with E-state index in [1.165, 1.54) is 18.3 Å². The van der Waals surface area contributed by atoms with Gasteiger partial charge in [-0.3, -0.25) is 14.6 Å². The van der Waals surface area contributed by atoms with Gasteiger partial charge in [-0.15, -0.1) is 11.3 Å². The Morgan fingerprint density at radius 2 is 2.00 bits per heavy atom. The highest BCUT2D eigenvalue weighted by Crippen LogP contribution is 2.30. The number of anilines is 1. The largest absolute Gasteiger partial charge is 0.471 e. The molecular formula is C10H6F3N3O2S. The minimum atomic E-state index is -4.95. The summed E-state index contributed by atoms with van der Waals surface area (Å²) in [6.07, 6.45) is -3.65. The molecule has 2 aromatic heterocycles. The summed E-state index contributed by atoms with van der Waals surface area (Å²) in [5.74, 6) is -2.79. The van der Waals surface area contributed by atoms with Crippen LogP contribution in [0.2, 0.25) is 0 Å². The summed E-state index contributed by atoms with van der Waals surface area (Å²) < 4.78 is 36.7. The van der Waals surface area contributed by atoms with Crippen LogP contribution in [0, 0.1) is 0 Å². The molecule has 5 nitrogen and oxygen atoms in total. The molecule has 2 rings (SSSR count). The van der Waals surface area contributed by atoms with Crippen LogP contribution in [0.3, 0.4) is 0 Å². The molecule has 19 heavy (non-hydrogen) atoms. The molecule has 0 unspecified atom stereocenters. The molecule has 0 aliphatic rings. The summed E-state index contributed by atoms with van der Waals surface area (Å²) in [6.45, 7) is 0. The van der Waals surface area contributed by atoms with Crippen molar-refractivity contribution in [3.8, 4) is 0 Å². The third-order valence-corrected chi connectivity index (χ3v) is 3.16. The first-order chi connectivity index (χ1) is 8.77. The Morgan fingerprint density at radius 3 is 2.58 bits per heavy atom. The van der Waals surface area contributed by atoms with Crippen LogP contribution < -0.4 is 11.1 Å². The SMILES string of the molecule is NC(=O)c1cc2sc(NC(=O)C(F)(F)F)cc2cn1. The smallest absolute Gasteiger partial charge is 0.364 e. The fourth-order valence-corrected chi connectivity index (χ4v) is 2.28. The number of rotatable bonds is 2. The van der Waals surface area contributed by atoms with E-state index in [0.29, 0.717) is 10.1 Å². The molecule has 0 aliphatic heterocycles. The number of nitrogens with one attached hydrogen (secondary N) is 1. The number of nitrogens with two attached hydrogens (primary N) is 1. The number of fused-ring (bicyclic) bond motifs is 1. The van der Waals surface area contributed by atoms with Gasteiger partial charge in [0.15, 0.2) is 0 Å². The Bertz CT molecular complexity index is 666. The molecule has 0 saturated carbocycles. The predicted octanol–water partition coefficient (Wildman–Crippen LogP) is 1.90. The maximum atomic E-state index is 12.1. The number of aromatic nitrogens is 1. The van der Waals surface area contributed by atoms with Gasteiger partial charge in [0.25, 0.3) is 5.91 Å². The molecule has 0 aliphatic carbocycles. The molecule has 0 atom stereocenters. The van der Waals surface area contributed by atoms with Gasteiger partial charge in [0.05, 0.1) is 5.00 Å². The summed E-state index contributed by atoms with van der Waals surface area (Å²) >= 11 is 0.894. The summed E-state index contributed by atoms with van der Waals surface area (Å²) in [6, 6.07) is 2.69. The quantitative estimate of drug-likeness (QED) is 0.885. The number of carbonyl (C=O) groups is 2. The first kappa shape index (κ1) is 13.3. The lowest BCUT2D eigenvalue weighted by atomic mass is 10.3. The van der Waals surface area contributed by atoms with Crippen molar-refractivity contribution in [1.82, 2.24) is 4.98 Å². The molecule has 0 radical (unpaired) electrons. The van der Waals surface area contributed by atoms with Crippen LogP contribution in [0.1, 0.15) is 10.5 Å². The third kappa shape index (κ3) is 2.81. The number of amides is 2. The van der Waals surface area contributed by atoms with Gasteiger partial charge in [-0.05, 0) is 12.1 Å². The van der Waals surface area contributed by atoms with Crippen LogP contribution in [0.25, 0.3) is 10.1 Å². The molecule has 0 bridgehead atoms. The Balaban J connectivity index is 2.32. The molecule has 0 saturated heterocycles. The number of thiophene rings is 1. The minimum absolute atomic E-state index is 0.00282. The highest BCUT2D eigenvalue weighted by Gasteiger charge is 2.38. The van der Waals surface area contributed by atoms with E-state index in [9.17, 15) is 22.8 Å². The van der Waals surface area contributed by atoms with Crippen molar-refractivity contribution in [2.24, 2.45) is 5.73 Å². The van der Waals surface area contributed by atoms with Crippen molar-refractivity contribution < 1.29 is 22.8 Å². The van der Waals surface area contributed by atoms with E-state index >= 15 is 0 Å². The van der Waals surface area contributed by atoms with Crippen LogP contribution >= 0.6 is 11.3 Å². The maximum absolute atomic E-state index is 12.1. The van der Waals surface area contributed by atoms with Gasteiger partial charge in [0.1, 0.15) is 5.69 Å². The third-order valence-electron chi connectivity index (χ3n) is 2.15. The lowest BCUT2D eigenvalue weighted by molar-refractivity contribution is -0.167. The number of hydrogen-bond donors (Lipinski definition) is 2. The molecule has 2 amide bonds. The van der Waals surface area contributed by atoms with Crippen molar-refractivity contribution in [2.75, 3.05) is 5.32 Å². The first-order valence-corrected chi connectivity index (χ1v) is 5.66. The molecule has 9 heteroatoms. The van der Waals surface area contributed by atoms with Gasteiger partial charge in [0, 0.05) is 16.3 Å². The second kappa shape index (κ2) is 4.50. The van der Waals surface area contributed by atoms with Gasteiger partial charge < -0.3 is 11.1 Å². The maximum Gasteiger partial charge on any atom is 0.471 e. The van der Waals surface area contributed by atoms with Gasteiger partial charge in [-0.2, -0.15) is 13.2 Å². The molecule has 3 N–H and O–H groups in total. The van der Waals surface area contributed by atoms with Gasteiger partial charge in [-0.1, -0.05) is 0 Å². The molecule has 100 valence electrons. The number of primary amides is 1. The van der Waals surface area contributed by atoms with Crippen LogP contribution in [0.5, 0.6) is 0 Å². The van der Waals surface area contributed by atoms with Crippen molar-refractivity contribution in [1.29, 1.82) is 0 Å². The van der Waals surface area contributed by atoms with E-state index in [1.807, 2.05) is 0 Å². The Morgan fingerprint density at radius 1 is 1.32 bits per heavy atom. The number of alkyl halides is 3. The molecular weight excluding hydrogens is 283 g/mol. The summed E-state index contributed by atoms with van der Waals surface area (Å²) in [5, 5.41) is 2.25. The van der Waals surface area contributed by atoms with Crippen molar-refractivity contribution in [3.05, 3.63) is 24.0 Å². The fourth-order valence-electron chi connectivity index (χ4n) is 1.31. The highest BCUT2D eigenvalue weighted by atomic mass is 32.1. The summed E-state index contributed by atoms with van der Waals surface area (Å²) in [7, 11) is 0. The van der Waals surface area contributed by atoms with Gasteiger partial charge in [0.2, 0.25) is 0 Å². The van der Waals surface area contributed by atoms with Crippen LogP contribution in [0.4, 0.5) is 18.2 Å². The van der Waals surface area contributed by atoms with E-state index in [0.717, 1.165) is 11.3 Å². The van der Waals surface area contributed by atoms with E-state index < -0.39 is 18.0 Å². The number of nitrogens with zero attached hydrogens (tertiary/aromatic N) is 1. The minimum Gasteiger partial charge on any atom is -0.364 e. The van der Waals surface area contributed by atoms with Gasteiger partial charge >= 0.3 is 12.1 Å². The number of carbonyl (C=O) groups excluding carboxylic acids is 2. The molecule has 0 aromatic carbocycles. The molecule has 0 spiro atoms. The van der Waals surface area contributed by atoms with Crippen molar-refractivity contribution in [3.63, 3.8) is 0 Å². The lowest BCUT2D eigenvalue weighted by Gasteiger charge is -2.04. The zero-order valence-corrected chi connectivity index (χ0v) is 9.93. The van der Waals surface area contributed by atoms with Gasteiger partial charge in [-0.25, -0.2) is 0 Å². The zero-order valence-electron chi connectivity index (χ0n) is 9.12. The highest BCUT2D eigenvalue weighted by molar-refractivity contribution is 7.23. The van der Waals surface area contributed by atoms with E-state index in [4.69, 9.17) is 5.73 Å². The van der Waals surface area contributed by atoms with E-state index in [2.05, 4.69) is 4.98 Å². The second-order valence-electron chi connectivity index (χ2n) is 3.53. The average Bonchev–Trinajstić information content (AvgIpc) is 2.68. The summed E-state index contributed by atoms with van der Waals surface area (Å²) in [5.41, 5.74) is 5.04. The fraction of sp³-hybridized carbons (Fsp3) is 0.100. The monoisotopic (exact) mass is 289 g/mol. The molecule has 2 aromatic rings. The van der Waals surface area contributed by atoms with Crippen LogP contribution in [-0.4, -0.2) is 23.0 Å². The topological polar surface area (TPSA) is 85.1 Å². The second-order valence-corrected chi connectivity index (χ2v) is 4.62. The normalized spacial score (nSPS) is 11.5. The predicted molar refractivity (Wildman–Crippen MR) is 62.8 cm³/mol. The standard InChI is InChI=1S/C10H6F3N3O2S/c11-10(12,13)9(18)16-7-1-4-3-15-5(8(14)17)2-6(4)19-7/h1-3H,(H2,14,17)(H,16,18). The number of pyridine rings is 1.